The molecule has 5 rings (SSSR count). The summed E-state index contributed by atoms with van der Waals surface area (Å²) in [5.41, 5.74) is 5.47. The molecule has 0 bridgehead atoms. The van der Waals surface area contributed by atoms with Crippen LogP contribution < -0.4 is 0 Å². The van der Waals surface area contributed by atoms with E-state index < -0.39 is 6.10 Å². The van der Waals surface area contributed by atoms with Gasteiger partial charge in [-0.2, -0.15) is 5.26 Å². The van der Waals surface area contributed by atoms with E-state index in [0.717, 1.165) is 38.7 Å². The van der Waals surface area contributed by atoms with Gasteiger partial charge in [-0.05, 0) is 46.5 Å². The second-order valence-corrected chi connectivity index (χ2v) is 8.53. The van der Waals surface area contributed by atoms with Crippen molar-refractivity contribution in [2.45, 2.75) is 26.4 Å². The van der Waals surface area contributed by atoms with E-state index in [1.807, 2.05) is 66.2 Å². The summed E-state index contributed by atoms with van der Waals surface area (Å²) in [5, 5.41) is 12.2. The zero-order valence-corrected chi connectivity index (χ0v) is 21.4. The Labute approximate surface area is 223 Å². The van der Waals surface area contributed by atoms with Crippen molar-refractivity contribution in [3.63, 3.8) is 0 Å². The topological polar surface area (TPSA) is 60.1 Å². The van der Waals surface area contributed by atoms with Crippen LogP contribution in [0.25, 0.3) is 21.9 Å². The average Bonchev–Trinajstić information content (AvgIpc) is 3.40. The molecule has 6 heteroatoms. The molecule has 1 heterocycles. The van der Waals surface area contributed by atoms with Crippen LogP contribution in [0, 0.1) is 11.3 Å². The standard InChI is InChI=1S/C31H27N3O2.ClH/c1-2-35-22-34-21-33-19-30(34)31(36-20-23-9-4-3-5-10-23)25-15-16-26(18-32)29(17-25)28-14-8-12-24-11-6-7-13-27(24)28;/h3-17,19,21,31H,2,20,22H2,1H3;1H. The predicted molar refractivity (Wildman–Crippen MR) is 148 cm³/mol. The molecule has 5 nitrogen and oxygen atoms in total. The molecule has 4 aromatic carbocycles. The first-order chi connectivity index (χ1) is 17.8. The number of imidazole rings is 1. The van der Waals surface area contributed by atoms with E-state index in [-0.39, 0.29) is 12.4 Å². The highest BCUT2D eigenvalue weighted by Crippen LogP contribution is 2.35. The van der Waals surface area contributed by atoms with Crippen molar-refractivity contribution in [3.8, 4) is 17.2 Å². The number of nitrogens with zero attached hydrogens (tertiary/aromatic N) is 3. The van der Waals surface area contributed by atoms with Crippen molar-refractivity contribution in [2.75, 3.05) is 6.61 Å². The molecule has 1 aromatic heterocycles. The summed E-state index contributed by atoms with van der Waals surface area (Å²) in [7, 11) is 0. The van der Waals surface area contributed by atoms with E-state index >= 15 is 0 Å². The van der Waals surface area contributed by atoms with Crippen LogP contribution in [0.2, 0.25) is 0 Å². The van der Waals surface area contributed by atoms with Crippen LogP contribution in [0.5, 0.6) is 0 Å². The van der Waals surface area contributed by atoms with Gasteiger partial charge in [0, 0.05) is 12.2 Å². The zero-order chi connectivity index (χ0) is 24.7. The normalized spacial score (nSPS) is 11.6. The number of benzene rings is 4. The summed E-state index contributed by atoms with van der Waals surface area (Å²) in [6.45, 7) is 3.41. The molecule has 0 aliphatic carbocycles. The molecule has 0 aliphatic heterocycles. The summed E-state index contributed by atoms with van der Waals surface area (Å²) >= 11 is 0. The van der Waals surface area contributed by atoms with Crippen LogP contribution in [0.15, 0.2) is 104 Å². The molecule has 0 aliphatic rings. The first kappa shape index (κ1) is 26.1. The van der Waals surface area contributed by atoms with Gasteiger partial charge >= 0.3 is 0 Å². The van der Waals surface area contributed by atoms with Gasteiger partial charge in [0.1, 0.15) is 12.8 Å². The summed E-state index contributed by atoms with van der Waals surface area (Å²) in [5.74, 6) is 0. The van der Waals surface area contributed by atoms with Crippen LogP contribution in [0.4, 0.5) is 0 Å². The van der Waals surface area contributed by atoms with Crippen LogP contribution in [0.3, 0.4) is 0 Å². The van der Waals surface area contributed by atoms with E-state index in [9.17, 15) is 5.26 Å². The lowest BCUT2D eigenvalue weighted by atomic mass is 9.92. The number of nitriles is 1. The van der Waals surface area contributed by atoms with E-state index in [4.69, 9.17) is 9.47 Å². The Morgan fingerprint density at radius 2 is 1.70 bits per heavy atom. The predicted octanol–water partition coefficient (Wildman–Crippen LogP) is 7.30. The quantitative estimate of drug-likeness (QED) is 0.209. The molecule has 1 atom stereocenters. The van der Waals surface area contributed by atoms with Crippen molar-refractivity contribution in [1.29, 1.82) is 5.26 Å². The minimum absolute atomic E-state index is 0. The highest BCUT2D eigenvalue weighted by molar-refractivity contribution is 5.97. The summed E-state index contributed by atoms with van der Waals surface area (Å²) in [6, 6.07) is 32.9. The Balaban J connectivity index is 0.00000320. The zero-order valence-electron chi connectivity index (χ0n) is 20.6. The van der Waals surface area contributed by atoms with E-state index in [2.05, 4.69) is 53.5 Å². The van der Waals surface area contributed by atoms with Crippen LogP contribution in [-0.2, 0) is 22.8 Å². The summed E-state index contributed by atoms with van der Waals surface area (Å²) < 4.78 is 14.2. The van der Waals surface area contributed by atoms with Gasteiger partial charge < -0.3 is 14.0 Å². The first-order valence-corrected chi connectivity index (χ1v) is 12.0. The van der Waals surface area contributed by atoms with Gasteiger partial charge in [-0.3, -0.25) is 0 Å². The maximum absolute atomic E-state index is 9.95. The lowest BCUT2D eigenvalue weighted by Gasteiger charge is -2.22. The fourth-order valence-electron chi connectivity index (χ4n) is 4.46. The maximum atomic E-state index is 9.95. The Hall–Kier alpha value is -3.95. The van der Waals surface area contributed by atoms with Crippen LogP contribution in [-0.4, -0.2) is 16.2 Å². The monoisotopic (exact) mass is 509 g/mol. The van der Waals surface area contributed by atoms with Gasteiger partial charge in [0.15, 0.2) is 0 Å². The fraction of sp³-hybridized carbons (Fsp3) is 0.161. The number of aromatic nitrogens is 2. The molecule has 0 amide bonds. The molecule has 5 aromatic rings. The van der Waals surface area contributed by atoms with Gasteiger partial charge in [0.25, 0.3) is 0 Å². The van der Waals surface area contributed by atoms with Crippen molar-refractivity contribution in [3.05, 3.63) is 126 Å². The summed E-state index contributed by atoms with van der Waals surface area (Å²) in [6.07, 6.45) is 3.19. The fourth-order valence-corrected chi connectivity index (χ4v) is 4.46. The molecule has 1 unspecified atom stereocenters. The van der Waals surface area contributed by atoms with Crippen molar-refractivity contribution >= 4 is 23.2 Å². The minimum atomic E-state index is -0.394. The smallest absolute Gasteiger partial charge is 0.125 e. The van der Waals surface area contributed by atoms with E-state index in [0.29, 0.717) is 25.5 Å². The Kier molecular flexibility index (Phi) is 8.71. The van der Waals surface area contributed by atoms with Gasteiger partial charge in [-0.1, -0.05) is 78.9 Å². The number of ether oxygens (including phenoxy) is 2. The lowest BCUT2D eigenvalue weighted by Crippen LogP contribution is -2.14. The minimum Gasteiger partial charge on any atom is -0.363 e. The number of halogens is 1. The van der Waals surface area contributed by atoms with Gasteiger partial charge in [0.2, 0.25) is 0 Å². The molecule has 0 saturated carbocycles. The van der Waals surface area contributed by atoms with E-state index in [1.54, 1.807) is 6.33 Å². The van der Waals surface area contributed by atoms with Crippen molar-refractivity contribution < 1.29 is 9.47 Å². The average molecular weight is 510 g/mol. The molecular formula is C31H28ClN3O2. The third-order valence-corrected chi connectivity index (χ3v) is 6.25. The Bertz CT molecular complexity index is 1500. The number of hydrogen-bond acceptors (Lipinski definition) is 4. The van der Waals surface area contributed by atoms with Crippen molar-refractivity contribution in [2.24, 2.45) is 0 Å². The number of rotatable bonds is 9. The number of fused-ring (bicyclic) bond motifs is 1. The molecular weight excluding hydrogens is 482 g/mol. The lowest BCUT2D eigenvalue weighted by molar-refractivity contribution is 0.0467. The van der Waals surface area contributed by atoms with Crippen molar-refractivity contribution in [1.82, 2.24) is 9.55 Å². The van der Waals surface area contributed by atoms with Crippen LogP contribution >= 0.6 is 12.4 Å². The second kappa shape index (κ2) is 12.3. The number of hydrogen-bond donors (Lipinski definition) is 0. The SMILES string of the molecule is CCOCn1cncc1C(OCc1ccccc1)c1ccc(C#N)c(-c2cccc3ccccc23)c1.Cl. The first-order valence-electron chi connectivity index (χ1n) is 12.0. The Morgan fingerprint density at radius 1 is 0.919 bits per heavy atom. The molecule has 0 saturated heterocycles. The summed E-state index contributed by atoms with van der Waals surface area (Å²) in [4.78, 5) is 4.38. The van der Waals surface area contributed by atoms with Gasteiger partial charge in [-0.25, -0.2) is 4.98 Å². The molecule has 0 spiro atoms. The highest BCUT2D eigenvalue weighted by Gasteiger charge is 2.22. The molecule has 0 radical (unpaired) electrons. The van der Waals surface area contributed by atoms with Crippen LogP contribution in [0.1, 0.15) is 35.4 Å². The van der Waals surface area contributed by atoms with E-state index in [1.165, 1.54) is 0 Å². The Morgan fingerprint density at radius 3 is 2.51 bits per heavy atom. The maximum Gasteiger partial charge on any atom is 0.125 e. The molecule has 0 fully saturated rings. The molecule has 0 N–H and O–H groups in total. The third kappa shape index (κ3) is 5.73. The van der Waals surface area contributed by atoms with Gasteiger partial charge in [-0.15, -0.1) is 12.4 Å². The molecule has 37 heavy (non-hydrogen) atoms. The van der Waals surface area contributed by atoms with Gasteiger partial charge in [0.05, 0.1) is 36.5 Å². The second-order valence-electron chi connectivity index (χ2n) is 8.53. The third-order valence-electron chi connectivity index (χ3n) is 6.25. The molecule has 186 valence electrons. The highest BCUT2D eigenvalue weighted by atomic mass is 35.5. The largest absolute Gasteiger partial charge is 0.363 e.